The molecule has 3 aliphatic heterocycles. The van der Waals surface area contributed by atoms with Gasteiger partial charge in [0, 0.05) is 38.4 Å². The van der Waals surface area contributed by atoms with Gasteiger partial charge in [0.25, 0.3) is 5.91 Å². The maximum absolute atomic E-state index is 12.9. The monoisotopic (exact) mass is 512 g/mol. The van der Waals surface area contributed by atoms with Crippen molar-refractivity contribution >= 4 is 21.6 Å². The number of halogens is 3. The van der Waals surface area contributed by atoms with E-state index >= 15 is 0 Å². The van der Waals surface area contributed by atoms with Crippen LogP contribution < -0.4 is 9.47 Å². The number of sulfone groups is 1. The molecule has 1 aromatic rings. The van der Waals surface area contributed by atoms with Crippen molar-refractivity contribution in [2.75, 3.05) is 32.5 Å². The molecule has 13 heteroatoms. The molecular weight excluding hydrogens is 489 g/mol. The molecule has 3 aliphatic rings. The topological polar surface area (TPSA) is 101 Å². The molecule has 0 aliphatic carbocycles. The highest BCUT2D eigenvalue weighted by molar-refractivity contribution is 7.91. The predicted octanol–water partition coefficient (Wildman–Crippen LogP) is 2.10. The van der Waals surface area contributed by atoms with Gasteiger partial charge in [-0.15, -0.1) is 0 Å². The summed E-state index contributed by atoms with van der Waals surface area (Å²) < 4.78 is 70.3. The molecule has 1 aromatic heterocycles. The predicted molar refractivity (Wildman–Crippen MR) is 121 cm³/mol. The Labute approximate surface area is 200 Å². The molecular formula is C22H23F3N4O5S. The average molecular weight is 513 g/mol. The summed E-state index contributed by atoms with van der Waals surface area (Å²) >= 11 is 0. The number of amides is 1. The fourth-order valence-corrected chi connectivity index (χ4v) is 4.52. The minimum absolute atomic E-state index is 0.203. The fourth-order valence-electron chi connectivity index (χ4n) is 3.62. The Morgan fingerprint density at radius 3 is 2.57 bits per heavy atom. The van der Waals surface area contributed by atoms with Crippen molar-refractivity contribution in [1.29, 1.82) is 0 Å². The van der Waals surface area contributed by atoms with E-state index in [1.165, 1.54) is 29.5 Å². The number of rotatable bonds is 6. The van der Waals surface area contributed by atoms with Crippen LogP contribution in [-0.2, 0) is 14.6 Å². The third-order valence-electron chi connectivity index (χ3n) is 5.57. The first kappa shape index (κ1) is 24.8. The first-order valence-electron chi connectivity index (χ1n) is 10.7. The highest BCUT2D eigenvalue weighted by Crippen LogP contribution is 2.25. The van der Waals surface area contributed by atoms with Crippen LogP contribution in [0.15, 0.2) is 59.5 Å². The Balaban J connectivity index is 1.37. The Hall–Kier alpha value is -3.35. The van der Waals surface area contributed by atoms with E-state index in [2.05, 4.69) is 14.7 Å². The van der Waals surface area contributed by atoms with Crippen molar-refractivity contribution < 1.29 is 35.9 Å². The highest BCUT2D eigenvalue weighted by Gasteiger charge is 2.37. The maximum atomic E-state index is 12.9. The molecule has 1 amide bonds. The number of allylic oxidation sites excluding steroid dienone is 3. The van der Waals surface area contributed by atoms with Gasteiger partial charge in [-0.3, -0.25) is 4.79 Å². The van der Waals surface area contributed by atoms with Gasteiger partial charge in [0.1, 0.15) is 11.6 Å². The molecule has 0 saturated carbocycles. The van der Waals surface area contributed by atoms with E-state index in [1.807, 2.05) is 4.90 Å². The lowest BCUT2D eigenvalue weighted by Crippen LogP contribution is -2.56. The van der Waals surface area contributed by atoms with Gasteiger partial charge in [-0.2, -0.15) is 13.2 Å². The highest BCUT2D eigenvalue weighted by atomic mass is 32.2. The standard InChI is InChI=1S/C22H23F3N4O5S/c1-35(31,32)17-12-28(13-17)19-5-3-2-4-15(10-26-19)29-9-8-18(21(29)30)34-16-6-7-20(27-11-16)33-14-22(23,24)25/h2-7,10-11,17-18H,8-9,12-14H2,1H3/b3-2?,4-2+,5-3+,15-4?,15-10+,19-5?,26-10?,26-19+/t18-/m1/s1. The minimum atomic E-state index is -4.47. The summed E-state index contributed by atoms with van der Waals surface area (Å²) in [5.41, 5.74) is 0.553. The van der Waals surface area contributed by atoms with Gasteiger partial charge >= 0.3 is 6.18 Å². The number of ether oxygens (including phenoxy) is 2. The Morgan fingerprint density at radius 2 is 1.91 bits per heavy atom. The average Bonchev–Trinajstić information content (AvgIpc) is 3.07. The van der Waals surface area contributed by atoms with E-state index in [1.54, 1.807) is 30.5 Å². The van der Waals surface area contributed by atoms with Gasteiger partial charge in [0.2, 0.25) is 5.88 Å². The summed E-state index contributed by atoms with van der Waals surface area (Å²) in [6.45, 7) is -0.342. The Bertz CT molecular complexity index is 1190. The summed E-state index contributed by atoms with van der Waals surface area (Å²) in [7, 11) is -3.10. The van der Waals surface area contributed by atoms with Crippen LogP contribution in [0, 0.1) is 0 Å². The summed E-state index contributed by atoms with van der Waals surface area (Å²) in [6.07, 6.45) is 6.15. The molecule has 4 rings (SSSR count). The van der Waals surface area contributed by atoms with Crippen LogP contribution >= 0.6 is 0 Å². The minimum Gasteiger partial charge on any atom is -0.479 e. The van der Waals surface area contributed by atoms with Crippen molar-refractivity contribution in [3.8, 4) is 11.6 Å². The fraction of sp³-hybridized carbons (Fsp3) is 0.409. The number of alkyl halides is 3. The summed E-state index contributed by atoms with van der Waals surface area (Å²) in [5.74, 6) is 0.338. The zero-order valence-electron chi connectivity index (χ0n) is 18.7. The third kappa shape index (κ3) is 6.21. The molecule has 0 aromatic carbocycles. The van der Waals surface area contributed by atoms with E-state index < -0.39 is 34.0 Å². The molecule has 188 valence electrons. The number of likely N-dealkylation sites (tertiary alicyclic amines) is 2. The van der Waals surface area contributed by atoms with Crippen LogP contribution in [0.5, 0.6) is 11.6 Å². The van der Waals surface area contributed by atoms with Crippen molar-refractivity contribution in [3.63, 3.8) is 0 Å². The quantitative estimate of drug-likeness (QED) is 0.575. The van der Waals surface area contributed by atoms with Crippen molar-refractivity contribution in [1.82, 2.24) is 14.8 Å². The molecule has 2 saturated heterocycles. The number of aliphatic imine (C=N–C) groups is 1. The lowest BCUT2D eigenvalue weighted by atomic mass is 10.2. The van der Waals surface area contributed by atoms with E-state index in [0.717, 1.165) is 0 Å². The second-order valence-corrected chi connectivity index (χ2v) is 10.6. The second kappa shape index (κ2) is 9.72. The van der Waals surface area contributed by atoms with Gasteiger partial charge < -0.3 is 19.3 Å². The normalized spacial score (nSPS) is 26.1. The third-order valence-corrected chi connectivity index (χ3v) is 7.08. The lowest BCUT2D eigenvalue weighted by molar-refractivity contribution is -0.154. The van der Waals surface area contributed by atoms with Gasteiger partial charge in [-0.1, -0.05) is 12.2 Å². The number of pyridine rings is 1. The van der Waals surface area contributed by atoms with Gasteiger partial charge in [-0.25, -0.2) is 18.4 Å². The molecule has 9 nitrogen and oxygen atoms in total. The molecule has 1 atom stereocenters. The van der Waals surface area contributed by atoms with E-state index in [0.29, 0.717) is 37.6 Å². The molecule has 35 heavy (non-hydrogen) atoms. The van der Waals surface area contributed by atoms with Crippen LogP contribution in [0.2, 0.25) is 0 Å². The SMILES string of the molecule is CS(=O)(=O)C1CN(C2=N/C=C(N3CC[C@@H](Oc4ccc(OCC(F)(F)F)nc4)C3=O)\C=C\C=C\2)C1. The summed E-state index contributed by atoms with van der Waals surface area (Å²) in [6, 6.07) is 2.63. The summed E-state index contributed by atoms with van der Waals surface area (Å²) in [4.78, 5) is 24.5. The summed E-state index contributed by atoms with van der Waals surface area (Å²) in [5, 5.41) is -0.416. The number of amidine groups is 1. The first-order valence-corrected chi connectivity index (χ1v) is 12.7. The molecule has 0 spiro atoms. The van der Waals surface area contributed by atoms with Crippen LogP contribution in [0.25, 0.3) is 0 Å². The maximum Gasteiger partial charge on any atom is 0.422 e. The molecule has 4 heterocycles. The van der Waals surface area contributed by atoms with E-state index in [-0.39, 0.29) is 17.5 Å². The number of aromatic nitrogens is 1. The largest absolute Gasteiger partial charge is 0.479 e. The Kier molecular flexibility index (Phi) is 6.88. The van der Waals surface area contributed by atoms with E-state index in [9.17, 15) is 26.4 Å². The van der Waals surface area contributed by atoms with Crippen molar-refractivity contribution in [2.24, 2.45) is 4.99 Å². The molecule has 0 radical (unpaired) electrons. The second-order valence-electron chi connectivity index (χ2n) is 8.24. The zero-order valence-corrected chi connectivity index (χ0v) is 19.5. The molecule has 2 fully saturated rings. The lowest BCUT2D eigenvalue weighted by Gasteiger charge is -2.39. The van der Waals surface area contributed by atoms with Crippen LogP contribution in [0.3, 0.4) is 0 Å². The van der Waals surface area contributed by atoms with E-state index in [4.69, 9.17) is 4.74 Å². The van der Waals surface area contributed by atoms with Crippen molar-refractivity contribution in [3.05, 3.63) is 54.5 Å². The van der Waals surface area contributed by atoms with Gasteiger partial charge in [0.15, 0.2) is 22.5 Å². The van der Waals surface area contributed by atoms with Crippen LogP contribution in [0.1, 0.15) is 6.42 Å². The molecule has 0 bridgehead atoms. The zero-order chi connectivity index (χ0) is 25.2. The number of hydrogen-bond donors (Lipinski definition) is 0. The van der Waals surface area contributed by atoms with Gasteiger partial charge in [-0.05, 0) is 18.2 Å². The number of carbonyl (C=O) groups excluding carboxylic acids is 1. The smallest absolute Gasteiger partial charge is 0.422 e. The Morgan fingerprint density at radius 1 is 1.17 bits per heavy atom. The molecule has 0 unspecified atom stereocenters. The first-order chi connectivity index (χ1) is 16.5. The van der Waals surface area contributed by atoms with Crippen LogP contribution in [0.4, 0.5) is 13.2 Å². The van der Waals surface area contributed by atoms with Crippen molar-refractivity contribution in [2.45, 2.75) is 24.0 Å². The van der Waals surface area contributed by atoms with Gasteiger partial charge in [0.05, 0.1) is 23.3 Å². The number of nitrogens with zero attached hydrogens (tertiary/aromatic N) is 4. The number of carbonyl (C=O) groups is 1. The van der Waals surface area contributed by atoms with Crippen LogP contribution in [-0.4, -0.2) is 85.0 Å². The molecule has 0 N–H and O–H groups in total. The number of hydrogen-bond acceptors (Lipinski definition) is 8.